The summed E-state index contributed by atoms with van der Waals surface area (Å²) < 4.78 is 26.8. The van der Waals surface area contributed by atoms with Gasteiger partial charge in [-0.1, -0.05) is 0 Å². The van der Waals surface area contributed by atoms with Gasteiger partial charge in [0.25, 0.3) is 0 Å². The summed E-state index contributed by atoms with van der Waals surface area (Å²) in [7, 11) is -3.34. The van der Waals surface area contributed by atoms with Gasteiger partial charge in [0.15, 0.2) is 0 Å². The van der Waals surface area contributed by atoms with Gasteiger partial charge in [0, 0.05) is 32.7 Å². The predicted octanol–water partition coefficient (Wildman–Crippen LogP) is 0.150. The van der Waals surface area contributed by atoms with Gasteiger partial charge >= 0.3 is 9.15 Å². The molecule has 0 saturated carbocycles. The zero-order valence-electron chi connectivity index (χ0n) is 3.66. The molecule has 0 spiro atoms. The molecule has 0 bridgehead atoms. The summed E-state index contributed by atoms with van der Waals surface area (Å²) in [6.45, 7) is 0. The van der Waals surface area contributed by atoms with Crippen LogP contribution >= 0.6 is 10.8 Å². The van der Waals surface area contributed by atoms with E-state index in [9.17, 15) is 8.42 Å². The van der Waals surface area contributed by atoms with E-state index in [1.54, 1.807) is 0 Å². The van der Waals surface area contributed by atoms with Gasteiger partial charge in [0.05, 0.1) is 0 Å². The minimum atomic E-state index is -3.75. The molecule has 1 N–H and O–H groups in total. The molecule has 0 fully saturated rings. The molecule has 0 atom stereocenters. The summed E-state index contributed by atoms with van der Waals surface area (Å²) in [5.41, 5.74) is 0. The van der Waals surface area contributed by atoms with Crippen molar-refractivity contribution in [2.24, 2.45) is 0 Å². The molecule has 0 aliphatic rings. The average Bonchev–Trinajstić information content (AvgIpc) is 1.35. The third-order valence-corrected chi connectivity index (χ3v) is 1.90. The summed E-state index contributed by atoms with van der Waals surface area (Å²) in [5.74, 6) is 0. The summed E-state index contributed by atoms with van der Waals surface area (Å²) >= 11 is 0. The van der Waals surface area contributed by atoms with Crippen molar-refractivity contribution in [2.45, 2.75) is 0 Å². The number of hydrogen-bond acceptors (Lipinski definition) is 3. The molecule has 0 aromatic rings. The summed E-state index contributed by atoms with van der Waals surface area (Å²) in [6.07, 6.45) is 1.29. The Morgan fingerprint density at radius 1 is 1.57 bits per heavy atom. The van der Waals surface area contributed by atoms with E-state index in [1.165, 1.54) is 6.26 Å². The Bertz CT molecular complexity index is 115. The van der Waals surface area contributed by atoms with Gasteiger partial charge in [-0.05, 0) is 17.0 Å². The van der Waals surface area contributed by atoms with Crippen LogP contribution in [0, 0.1) is 0 Å². The largest absolute Gasteiger partial charge is 0.319 e. The number of hydrogen-bond donors (Lipinski definition) is 1. The normalized spacial score (nSPS) is 10.0. The van der Waals surface area contributed by atoms with E-state index < -0.39 is 9.15 Å². The summed E-state index contributed by atoms with van der Waals surface area (Å²) in [4.78, 5) is 0. The molecule has 7 heavy (non-hydrogen) atoms. The zero-order valence-corrected chi connectivity index (χ0v) is 8.13. The SMILES string of the molecule is CSS(=O)(=O)O.[Y]. The Hall–Kier alpha value is 1.36. The third kappa shape index (κ3) is 11.1. The predicted molar refractivity (Wildman–Crippen MR) is 25.1 cm³/mol. The Morgan fingerprint density at radius 3 is 1.71 bits per heavy atom. The standard InChI is InChI=1S/CH4O3S2.Y/c1-5-6(2,3)4;/h1H3,(H,2,3,4);. The van der Waals surface area contributed by atoms with Crippen LogP contribution in [0.5, 0.6) is 0 Å². The van der Waals surface area contributed by atoms with Crippen LogP contribution in [0.15, 0.2) is 0 Å². The quantitative estimate of drug-likeness (QED) is 0.501. The monoisotopic (exact) mass is 217 g/mol. The minimum absolute atomic E-state index is 0. The average molecular weight is 217 g/mol. The van der Waals surface area contributed by atoms with Gasteiger partial charge in [-0.15, -0.1) is 0 Å². The molecule has 3 nitrogen and oxygen atoms in total. The zero-order chi connectivity index (χ0) is 5.21. The van der Waals surface area contributed by atoms with Gasteiger partial charge < -0.3 is 0 Å². The van der Waals surface area contributed by atoms with Crippen LogP contribution in [0.1, 0.15) is 0 Å². The first-order valence-electron chi connectivity index (χ1n) is 1.09. The molecule has 0 rings (SSSR count). The van der Waals surface area contributed by atoms with E-state index in [1.807, 2.05) is 0 Å². The molecule has 1 radical (unpaired) electrons. The molecule has 6 heteroatoms. The van der Waals surface area contributed by atoms with Gasteiger partial charge in [-0.25, -0.2) is 0 Å². The van der Waals surface area contributed by atoms with E-state index in [0.29, 0.717) is 10.8 Å². The van der Waals surface area contributed by atoms with Crippen LogP contribution in [0.2, 0.25) is 0 Å². The summed E-state index contributed by atoms with van der Waals surface area (Å²) in [5, 5.41) is 0. The molecule has 0 unspecified atom stereocenters. The van der Waals surface area contributed by atoms with Crippen molar-refractivity contribution < 1.29 is 45.7 Å². The maximum atomic E-state index is 9.52. The molecule has 41 valence electrons. The number of rotatable bonds is 1. The third-order valence-electron chi connectivity index (χ3n) is 0.211. The van der Waals surface area contributed by atoms with Crippen molar-refractivity contribution in [3.05, 3.63) is 0 Å². The van der Waals surface area contributed by atoms with E-state index >= 15 is 0 Å². The van der Waals surface area contributed by atoms with Crippen LogP contribution in [-0.4, -0.2) is 19.2 Å². The van der Waals surface area contributed by atoms with E-state index in [0.717, 1.165) is 0 Å². The van der Waals surface area contributed by atoms with Crippen molar-refractivity contribution >= 4 is 19.9 Å². The molecule has 0 amide bonds. The van der Waals surface area contributed by atoms with Crippen LogP contribution < -0.4 is 0 Å². The van der Waals surface area contributed by atoms with Crippen molar-refractivity contribution in [1.82, 2.24) is 0 Å². The molecule has 0 heterocycles. The molecule has 0 saturated heterocycles. The first kappa shape index (κ1) is 11.2. The fraction of sp³-hybridized carbons (Fsp3) is 1.00. The van der Waals surface area contributed by atoms with Crippen molar-refractivity contribution in [3.63, 3.8) is 0 Å². The smallest absolute Gasteiger partial charge is 0.277 e. The molecular weight excluding hydrogens is 213 g/mol. The minimum Gasteiger partial charge on any atom is -0.277 e. The molecule has 0 aliphatic carbocycles. The second-order valence-electron chi connectivity index (χ2n) is 0.594. The Balaban J connectivity index is 0. The molecular formula is CH4O3S2Y. The van der Waals surface area contributed by atoms with Crippen LogP contribution in [0.3, 0.4) is 0 Å². The van der Waals surface area contributed by atoms with Gasteiger partial charge in [-0.2, -0.15) is 8.42 Å². The molecule has 0 aliphatic heterocycles. The van der Waals surface area contributed by atoms with Crippen molar-refractivity contribution in [1.29, 1.82) is 0 Å². The fourth-order valence-electron chi connectivity index (χ4n) is 0. The van der Waals surface area contributed by atoms with E-state index in [-0.39, 0.29) is 32.7 Å². The van der Waals surface area contributed by atoms with Gasteiger partial charge in [0.1, 0.15) is 0 Å². The van der Waals surface area contributed by atoms with Gasteiger partial charge in [-0.3, -0.25) is 4.55 Å². The maximum absolute atomic E-state index is 9.52. The van der Waals surface area contributed by atoms with Crippen LogP contribution in [0.4, 0.5) is 0 Å². The summed E-state index contributed by atoms with van der Waals surface area (Å²) in [6, 6.07) is 0. The Morgan fingerprint density at radius 2 is 1.71 bits per heavy atom. The Kier molecular flexibility index (Phi) is 6.82. The van der Waals surface area contributed by atoms with E-state index in [2.05, 4.69) is 0 Å². The van der Waals surface area contributed by atoms with Crippen LogP contribution in [0.25, 0.3) is 0 Å². The second-order valence-corrected chi connectivity index (χ2v) is 4.05. The molecule has 0 aromatic carbocycles. The van der Waals surface area contributed by atoms with Crippen molar-refractivity contribution in [3.8, 4) is 0 Å². The maximum Gasteiger partial charge on any atom is 0.319 e. The first-order chi connectivity index (χ1) is 2.56. The van der Waals surface area contributed by atoms with Crippen molar-refractivity contribution in [2.75, 3.05) is 6.26 Å². The fourth-order valence-corrected chi connectivity index (χ4v) is 0. The second kappa shape index (κ2) is 4.26. The van der Waals surface area contributed by atoms with Crippen LogP contribution in [-0.2, 0) is 41.9 Å². The van der Waals surface area contributed by atoms with Gasteiger partial charge in [0.2, 0.25) is 0 Å². The molecule has 0 aromatic heterocycles. The van der Waals surface area contributed by atoms with E-state index in [4.69, 9.17) is 4.55 Å². The topological polar surface area (TPSA) is 54.4 Å². The first-order valence-corrected chi connectivity index (χ1v) is 4.27. The Labute approximate surface area is 71.3 Å².